The van der Waals surface area contributed by atoms with E-state index in [2.05, 4.69) is 22.4 Å². The Kier molecular flexibility index (Phi) is 5.65. The number of rotatable bonds is 5. The summed E-state index contributed by atoms with van der Waals surface area (Å²) >= 11 is 0. The van der Waals surface area contributed by atoms with Crippen LogP contribution in [0.5, 0.6) is 0 Å². The summed E-state index contributed by atoms with van der Waals surface area (Å²) in [5.74, 6) is -0.460. The maximum absolute atomic E-state index is 12.3. The molecule has 0 bridgehead atoms. The van der Waals surface area contributed by atoms with Crippen LogP contribution in [0.4, 0.5) is 0 Å². The van der Waals surface area contributed by atoms with Crippen LogP contribution in [0.2, 0.25) is 0 Å². The summed E-state index contributed by atoms with van der Waals surface area (Å²) in [4.78, 5) is 25.7. The molecule has 1 N–H and O–H groups in total. The van der Waals surface area contributed by atoms with E-state index in [9.17, 15) is 9.59 Å². The molecule has 0 saturated heterocycles. The molecular weight excluding hydrogens is 332 g/mol. The molecule has 7 nitrogen and oxygen atoms in total. The highest BCUT2D eigenvalue weighted by atomic mass is 16.5. The van der Waals surface area contributed by atoms with Crippen molar-refractivity contribution in [3.05, 3.63) is 41.7 Å². The van der Waals surface area contributed by atoms with Gasteiger partial charge in [-0.1, -0.05) is 38.0 Å². The lowest BCUT2D eigenvalue weighted by Gasteiger charge is -2.29. The number of benzene rings is 1. The molecule has 0 unspecified atom stereocenters. The van der Waals surface area contributed by atoms with Gasteiger partial charge in [-0.05, 0) is 37.8 Å². The Morgan fingerprint density at radius 2 is 1.92 bits per heavy atom. The van der Waals surface area contributed by atoms with Gasteiger partial charge >= 0.3 is 5.97 Å². The molecule has 1 amide bonds. The highest BCUT2D eigenvalue weighted by Gasteiger charge is 2.24. The second-order valence-corrected chi connectivity index (χ2v) is 6.77. The number of nitrogens with one attached hydrogen (secondary N) is 1. The first-order valence-electron chi connectivity index (χ1n) is 9.00. The van der Waals surface area contributed by atoms with E-state index in [0.717, 1.165) is 24.9 Å². The highest BCUT2D eigenvalue weighted by Crippen LogP contribution is 2.23. The Balaban J connectivity index is 1.56. The van der Waals surface area contributed by atoms with E-state index < -0.39 is 5.97 Å². The largest absolute Gasteiger partial charge is 0.451 e. The molecule has 2 aromatic rings. The lowest BCUT2D eigenvalue weighted by Crippen LogP contribution is -2.42. The molecule has 138 valence electrons. The maximum Gasteiger partial charge on any atom is 0.361 e. The molecule has 0 radical (unpaired) electrons. The van der Waals surface area contributed by atoms with Crippen LogP contribution in [-0.4, -0.2) is 39.5 Å². The molecule has 1 aliphatic rings. The number of amides is 1. The SMILES string of the molecule is Cc1nn(-c2ccccc2)nc1C(=O)OCC(=O)N[C@@H]1CCCC[C@H]1C. The number of esters is 1. The van der Waals surface area contributed by atoms with Gasteiger partial charge in [0.1, 0.15) is 0 Å². The molecule has 1 aliphatic carbocycles. The standard InChI is InChI=1S/C19H24N4O3/c1-13-8-6-7-11-16(13)20-17(24)12-26-19(25)18-14(2)21-23(22-18)15-9-4-3-5-10-15/h3-5,9-10,13,16H,6-8,11-12H2,1-2H3,(H,20,24)/t13-,16-/m1/s1. The summed E-state index contributed by atoms with van der Waals surface area (Å²) in [5.41, 5.74) is 1.33. The van der Waals surface area contributed by atoms with Gasteiger partial charge in [0, 0.05) is 6.04 Å². The van der Waals surface area contributed by atoms with Crippen molar-refractivity contribution in [2.75, 3.05) is 6.61 Å². The van der Waals surface area contributed by atoms with E-state index in [0.29, 0.717) is 11.6 Å². The minimum absolute atomic E-state index is 0.118. The van der Waals surface area contributed by atoms with Crippen LogP contribution in [0, 0.1) is 12.8 Å². The third-order valence-corrected chi connectivity index (χ3v) is 4.75. The zero-order valence-corrected chi connectivity index (χ0v) is 15.1. The van der Waals surface area contributed by atoms with Crippen molar-refractivity contribution in [2.45, 2.75) is 45.6 Å². The fourth-order valence-corrected chi connectivity index (χ4v) is 3.22. The number of nitrogens with zero attached hydrogens (tertiary/aromatic N) is 3. The van der Waals surface area contributed by atoms with Gasteiger partial charge in [0.2, 0.25) is 0 Å². The van der Waals surface area contributed by atoms with Crippen LogP contribution in [0.1, 0.15) is 48.8 Å². The molecule has 3 rings (SSSR count). The number of carbonyl (C=O) groups is 2. The van der Waals surface area contributed by atoms with Crippen molar-refractivity contribution in [1.82, 2.24) is 20.3 Å². The monoisotopic (exact) mass is 356 g/mol. The first kappa shape index (κ1) is 18.1. The Labute approximate surface area is 152 Å². The summed E-state index contributed by atoms with van der Waals surface area (Å²) in [7, 11) is 0. The lowest BCUT2D eigenvalue weighted by molar-refractivity contribution is -0.125. The van der Waals surface area contributed by atoms with Gasteiger partial charge < -0.3 is 10.1 Å². The fourth-order valence-electron chi connectivity index (χ4n) is 3.22. The number of hydrogen-bond donors (Lipinski definition) is 1. The lowest BCUT2D eigenvalue weighted by atomic mass is 9.86. The number of ether oxygens (including phenoxy) is 1. The number of carbonyl (C=O) groups excluding carboxylic acids is 2. The molecular formula is C19H24N4O3. The molecule has 1 aromatic carbocycles. The van der Waals surface area contributed by atoms with Gasteiger partial charge in [0.05, 0.1) is 11.4 Å². The zero-order valence-electron chi connectivity index (χ0n) is 15.1. The van der Waals surface area contributed by atoms with Crippen molar-refractivity contribution in [1.29, 1.82) is 0 Å². The third-order valence-electron chi connectivity index (χ3n) is 4.75. The smallest absolute Gasteiger partial charge is 0.361 e. The molecule has 1 aromatic heterocycles. The number of aryl methyl sites for hydroxylation is 1. The quantitative estimate of drug-likeness (QED) is 0.832. The van der Waals surface area contributed by atoms with E-state index in [1.54, 1.807) is 6.92 Å². The summed E-state index contributed by atoms with van der Waals surface area (Å²) in [6.45, 7) is 3.52. The summed E-state index contributed by atoms with van der Waals surface area (Å²) < 4.78 is 5.13. The molecule has 2 atom stereocenters. The molecule has 1 saturated carbocycles. The van der Waals surface area contributed by atoms with Crippen molar-refractivity contribution >= 4 is 11.9 Å². The molecule has 0 aliphatic heterocycles. The van der Waals surface area contributed by atoms with Crippen LogP contribution < -0.4 is 5.32 Å². The fraction of sp³-hybridized carbons (Fsp3) is 0.474. The minimum Gasteiger partial charge on any atom is -0.451 e. The summed E-state index contributed by atoms with van der Waals surface area (Å²) in [6.07, 6.45) is 4.42. The average molecular weight is 356 g/mol. The Hall–Kier alpha value is -2.70. The molecule has 1 heterocycles. The number of aromatic nitrogens is 3. The third kappa shape index (κ3) is 4.28. The minimum atomic E-state index is -0.642. The maximum atomic E-state index is 12.3. The zero-order chi connectivity index (χ0) is 18.5. The highest BCUT2D eigenvalue weighted by molar-refractivity contribution is 5.90. The van der Waals surface area contributed by atoms with Gasteiger partial charge in [-0.3, -0.25) is 4.79 Å². The first-order valence-corrected chi connectivity index (χ1v) is 9.00. The second kappa shape index (κ2) is 8.12. The first-order chi connectivity index (χ1) is 12.5. The predicted molar refractivity (Wildman–Crippen MR) is 95.9 cm³/mol. The van der Waals surface area contributed by atoms with Gasteiger partial charge in [0.25, 0.3) is 5.91 Å². The summed E-state index contributed by atoms with van der Waals surface area (Å²) in [6, 6.07) is 9.46. The predicted octanol–water partition coefficient (Wildman–Crippen LogP) is 2.43. The molecule has 26 heavy (non-hydrogen) atoms. The van der Waals surface area contributed by atoms with E-state index >= 15 is 0 Å². The van der Waals surface area contributed by atoms with E-state index in [-0.39, 0.29) is 24.2 Å². The Bertz CT molecular complexity index is 772. The topological polar surface area (TPSA) is 86.1 Å². The van der Waals surface area contributed by atoms with Crippen molar-refractivity contribution in [3.63, 3.8) is 0 Å². The average Bonchev–Trinajstić information content (AvgIpc) is 3.04. The van der Waals surface area contributed by atoms with Gasteiger partial charge in [-0.25, -0.2) is 4.79 Å². The van der Waals surface area contributed by atoms with Crippen LogP contribution in [-0.2, 0) is 9.53 Å². The second-order valence-electron chi connectivity index (χ2n) is 6.77. The molecule has 1 fully saturated rings. The van der Waals surface area contributed by atoms with Crippen LogP contribution in [0.25, 0.3) is 5.69 Å². The van der Waals surface area contributed by atoms with E-state index in [1.165, 1.54) is 11.2 Å². The Morgan fingerprint density at radius 3 is 2.65 bits per heavy atom. The van der Waals surface area contributed by atoms with Crippen LogP contribution in [0.3, 0.4) is 0 Å². The van der Waals surface area contributed by atoms with E-state index in [4.69, 9.17) is 4.74 Å². The Morgan fingerprint density at radius 1 is 1.19 bits per heavy atom. The molecule has 7 heteroatoms. The molecule has 0 spiro atoms. The number of para-hydroxylation sites is 1. The van der Waals surface area contributed by atoms with Gasteiger partial charge in [-0.15, -0.1) is 5.10 Å². The van der Waals surface area contributed by atoms with Crippen molar-refractivity contribution in [3.8, 4) is 5.69 Å². The van der Waals surface area contributed by atoms with Gasteiger partial charge in [0.15, 0.2) is 12.3 Å². The van der Waals surface area contributed by atoms with E-state index in [1.807, 2.05) is 30.3 Å². The normalized spacial score (nSPS) is 19.8. The van der Waals surface area contributed by atoms with Crippen molar-refractivity contribution < 1.29 is 14.3 Å². The van der Waals surface area contributed by atoms with Crippen molar-refractivity contribution in [2.24, 2.45) is 5.92 Å². The number of hydrogen-bond acceptors (Lipinski definition) is 5. The van der Waals surface area contributed by atoms with Crippen LogP contribution >= 0.6 is 0 Å². The van der Waals surface area contributed by atoms with Gasteiger partial charge in [-0.2, -0.15) is 9.90 Å². The summed E-state index contributed by atoms with van der Waals surface area (Å²) in [5, 5.41) is 11.4. The van der Waals surface area contributed by atoms with Crippen LogP contribution in [0.15, 0.2) is 30.3 Å².